The molecule has 1 saturated heterocycles. The smallest absolute Gasteiger partial charge is 0.257 e. The summed E-state index contributed by atoms with van der Waals surface area (Å²) in [6, 6.07) is 11.9. The highest BCUT2D eigenvalue weighted by molar-refractivity contribution is 7.23. The highest BCUT2D eigenvalue weighted by Gasteiger charge is 2.45. The van der Waals surface area contributed by atoms with E-state index < -0.39 is 5.82 Å². The third kappa shape index (κ3) is 5.26. The molecule has 4 aromatic heterocycles. The number of methoxy groups -OCH3 is 1. The topological polar surface area (TPSA) is 106 Å². The number of ether oxygens (including phenoxy) is 1. The van der Waals surface area contributed by atoms with Gasteiger partial charge in [-0.05, 0) is 90.9 Å². The minimum atomic E-state index is -0.426. The van der Waals surface area contributed by atoms with E-state index in [-0.39, 0.29) is 40.5 Å². The van der Waals surface area contributed by atoms with E-state index in [2.05, 4.69) is 21.6 Å². The van der Waals surface area contributed by atoms with Gasteiger partial charge in [0.2, 0.25) is 11.8 Å². The lowest BCUT2D eigenvalue weighted by Gasteiger charge is -2.17. The Morgan fingerprint density at radius 2 is 1.92 bits per heavy atom. The quantitative estimate of drug-likeness (QED) is 0.166. The zero-order valence-corrected chi connectivity index (χ0v) is 29.3. The van der Waals surface area contributed by atoms with Crippen molar-refractivity contribution in [1.29, 1.82) is 0 Å². The van der Waals surface area contributed by atoms with Crippen LogP contribution in [-0.4, -0.2) is 44.6 Å². The van der Waals surface area contributed by atoms with E-state index in [0.29, 0.717) is 60.6 Å². The Morgan fingerprint density at radius 1 is 1.08 bits per heavy atom. The number of nitrogens with one attached hydrogen (secondary N) is 1. The van der Waals surface area contributed by atoms with Gasteiger partial charge in [-0.3, -0.25) is 9.78 Å². The number of rotatable bonds is 8. The summed E-state index contributed by atoms with van der Waals surface area (Å²) in [6.45, 7) is 2.40. The molecule has 2 atom stereocenters. The molecule has 51 heavy (non-hydrogen) atoms. The summed E-state index contributed by atoms with van der Waals surface area (Å²) in [6.07, 6.45) is 5.80. The average molecular weight is 725 g/mol. The van der Waals surface area contributed by atoms with Crippen LogP contribution in [0.2, 0.25) is 5.02 Å². The SMILES string of the molecule is COc1c(Cl)cc2c(c1F)CC[C@H]2Nc1nccc2cc(-c3c4c(nc(CCc5ccc(F)cc5)c3-c3nnc(C)o3)C3CCCN3C4=O)sc12. The molecule has 0 saturated carbocycles. The molecule has 6 heterocycles. The zero-order valence-electron chi connectivity index (χ0n) is 27.7. The predicted octanol–water partition coefficient (Wildman–Crippen LogP) is 8.83. The normalized spacial score (nSPS) is 17.7. The molecular formula is C38H31ClF2N6O3S. The third-order valence-corrected chi connectivity index (χ3v) is 11.7. The number of aryl methyl sites for hydroxylation is 3. The minimum absolute atomic E-state index is 0.0524. The number of fused-ring (bicyclic) bond motifs is 5. The predicted molar refractivity (Wildman–Crippen MR) is 190 cm³/mol. The lowest BCUT2D eigenvalue weighted by Crippen LogP contribution is -2.22. The largest absolute Gasteiger partial charge is 0.492 e. The summed E-state index contributed by atoms with van der Waals surface area (Å²) in [4.78, 5) is 26.9. The van der Waals surface area contributed by atoms with Crippen LogP contribution in [0.1, 0.15) is 75.7 Å². The van der Waals surface area contributed by atoms with Gasteiger partial charge in [0.05, 0.1) is 51.4 Å². The molecule has 0 bridgehead atoms. The van der Waals surface area contributed by atoms with E-state index in [4.69, 9.17) is 30.7 Å². The molecule has 0 radical (unpaired) electrons. The summed E-state index contributed by atoms with van der Waals surface area (Å²) in [7, 11) is 1.41. The molecule has 258 valence electrons. The Labute approximate surface area is 300 Å². The Kier molecular flexibility index (Phi) is 7.77. The third-order valence-electron chi connectivity index (χ3n) is 10.2. The lowest BCUT2D eigenvalue weighted by molar-refractivity contribution is 0.0776. The number of carbonyl (C=O) groups excluding carboxylic acids is 1. The molecule has 0 spiro atoms. The van der Waals surface area contributed by atoms with Crippen molar-refractivity contribution in [2.45, 2.75) is 57.5 Å². The van der Waals surface area contributed by atoms with Gasteiger partial charge in [-0.25, -0.2) is 13.8 Å². The number of benzene rings is 2. The number of amides is 1. The second kappa shape index (κ2) is 12.4. The highest BCUT2D eigenvalue weighted by atomic mass is 35.5. The number of hydrogen-bond donors (Lipinski definition) is 1. The number of pyridine rings is 2. The maximum absolute atomic E-state index is 15.3. The van der Waals surface area contributed by atoms with Crippen LogP contribution in [0.3, 0.4) is 0 Å². The van der Waals surface area contributed by atoms with E-state index in [9.17, 15) is 9.18 Å². The van der Waals surface area contributed by atoms with Crippen LogP contribution < -0.4 is 10.1 Å². The number of halogens is 3. The summed E-state index contributed by atoms with van der Waals surface area (Å²) in [5, 5.41) is 13.3. The van der Waals surface area contributed by atoms with Gasteiger partial charge in [0.1, 0.15) is 11.6 Å². The molecule has 13 heteroatoms. The Morgan fingerprint density at radius 3 is 2.71 bits per heavy atom. The van der Waals surface area contributed by atoms with Crippen molar-refractivity contribution in [3.05, 3.63) is 105 Å². The number of anilines is 1. The van der Waals surface area contributed by atoms with Gasteiger partial charge in [-0.1, -0.05) is 23.7 Å². The van der Waals surface area contributed by atoms with Crippen molar-refractivity contribution in [3.63, 3.8) is 0 Å². The molecule has 2 aromatic carbocycles. The fraction of sp³-hybridized carbons (Fsp3) is 0.289. The molecular weight excluding hydrogens is 694 g/mol. The molecule has 1 fully saturated rings. The zero-order chi connectivity index (χ0) is 35.0. The molecule has 9 rings (SSSR count). The van der Waals surface area contributed by atoms with Crippen molar-refractivity contribution in [3.8, 4) is 27.6 Å². The van der Waals surface area contributed by atoms with E-state index in [0.717, 1.165) is 55.9 Å². The molecule has 3 aliphatic rings. The standard InChI is InChI=1S/C38H31ClF2N6O3S/c1-18-45-46-37(50-18)29-26(11-7-19-5-8-21(40)9-6-19)43-33-27-4-3-15-47(27)38(48)31(33)30(29)28-16-20-13-14-42-36(35(20)51-28)44-25-12-10-22-23(25)17-24(39)34(49-2)32(22)41/h5-6,8-9,13-14,16-17,25,27H,3-4,7,10-12,15H2,1-2H3,(H,42,44)/t25-,27?/m1/s1. The lowest BCUT2D eigenvalue weighted by atomic mass is 9.93. The number of aromatic nitrogens is 4. The molecule has 1 unspecified atom stereocenters. The van der Waals surface area contributed by atoms with E-state index in [1.54, 1.807) is 31.3 Å². The van der Waals surface area contributed by atoms with Crippen molar-refractivity contribution >= 4 is 44.7 Å². The van der Waals surface area contributed by atoms with Crippen LogP contribution in [0.15, 0.2) is 53.1 Å². The average Bonchev–Trinajstić information content (AvgIpc) is 3.96. The van der Waals surface area contributed by atoms with Gasteiger partial charge in [-0.15, -0.1) is 21.5 Å². The van der Waals surface area contributed by atoms with Crippen LogP contribution in [0, 0.1) is 18.6 Å². The first-order chi connectivity index (χ1) is 24.8. The van der Waals surface area contributed by atoms with Gasteiger partial charge >= 0.3 is 0 Å². The Bertz CT molecular complexity index is 2380. The first-order valence-electron chi connectivity index (χ1n) is 16.9. The summed E-state index contributed by atoms with van der Waals surface area (Å²) in [5.74, 6) is 0.623. The van der Waals surface area contributed by atoms with Gasteiger partial charge in [-0.2, -0.15) is 0 Å². The number of carbonyl (C=O) groups is 1. The highest BCUT2D eigenvalue weighted by Crippen LogP contribution is 2.51. The molecule has 6 aromatic rings. The molecule has 9 nitrogen and oxygen atoms in total. The van der Waals surface area contributed by atoms with Crippen LogP contribution in [-0.2, 0) is 19.3 Å². The molecule has 1 amide bonds. The fourth-order valence-corrected chi connectivity index (χ4v) is 9.32. The van der Waals surface area contributed by atoms with Crippen molar-refractivity contribution in [1.82, 2.24) is 25.1 Å². The maximum atomic E-state index is 15.3. The number of nitrogens with zero attached hydrogens (tertiary/aromatic N) is 5. The van der Waals surface area contributed by atoms with Crippen LogP contribution >= 0.6 is 22.9 Å². The van der Waals surface area contributed by atoms with Gasteiger partial charge in [0.25, 0.3) is 5.91 Å². The van der Waals surface area contributed by atoms with Crippen molar-refractivity contribution < 1.29 is 22.7 Å². The minimum Gasteiger partial charge on any atom is -0.492 e. The maximum Gasteiger partial charge on any atom is 0.257 e. The Balaban J connectivity index is 1.19. The molecule has 2 aliphatic heterocycles. The van der Waals surface area contributed by atoms with E-state index in [1.165, 1.54) is 30.6 Å². The fourth-order valence-electron chi connectivity index (χ4n) is 7.88. The van der Waals surface area contributed by atoms with Gasteiger partial charge in [0.15, 0.2) is 11.6 Å². The van der Waals surface area contributed by atoms with Gasteiger partial charge < -0.3 is 19.4 Å². The molecule has 1 aliphatic carbocycles. The van der Waals surface area contributed by atoms with Crippen molar-refractivity contribution in [2.75, 3.05) is 19.0 Å². The van der Waals surface area contributed by atoms with Crippen LogP contribution in [0.25, 0.3) is 32.0 Å². The van der Waals surface area contributed by atoms with E-state index in [1.807, 2.05) is 11.0 Å². The molecule has 1 N–H and O–H groups in total. The number of hydrogen-bond acceptors (Lipinski definition) is 9. The first kappa shape index (κ1) is 32.0. The second-order valence-electron chi connectivity index (χ2n) is 13.2. The van der Waals surface area contributed by atoms with Crippen molar-refractivity contribution in [2.24, 2.45) is 0 Å². The second-order valence-corrected chi connectivity index (χ2v) is 14.6. The van der Waals surface area contributed by atoms with Gasteiger partial charge in [0, 0.05) is 30.1 Å². The van der Waals surface area contributed by atoms with Crippen LogP contribution in [0.5, 0.6) is 5.75 Å². The van der Waals surface area contributed by atoms with E-state index >= 15 is 4.39 Å². The summed E-state index contributed by atoms with van der Waals surface area (Å²) >= 11 is 7.92. The first-order valence-corrected chi connectivity index (χ1v) is 18.1. The monoisotopic (exact) mass is 724 g/mol. The number of thiophene rings is 1. The summed E-state index contributed by atoms with van der Waals surface area (Å²) < 4.78 is 41.2. The van der Waals surface area contributed by atoms with Crippen LogP contribution in [0.4, 0.5) is 14.6 Å². The summed E-state index contributed by atoms with van der Waals surface area (Å²) in [5.41, 5.74) is 5.76. The Hall–Kier alpha value is -4.94.